The molecule has 5 rings (SSSR count). The molecule has 14 heteroatoms. The first-order valence-corrected chi connectivity index (χ1v) is 13.3. The Morgan fingerprint density at radius 2 is 1.79 bits per heavy atom. The lowest BCUT2D eigenvalue weighted by molar-refractivity contribution is -0.245. The van der Waals surface area contributed by atoms with Gasteiger partial charge in [-0.1, -0.05) is 12.1 Å². The number of aliphatic hydroxyl groups is 2. The highest BCUT2D eigenvalue weighted by atomic mass is 16.7. The summed E-state index contributed by atoms with van der Waals surface area (Å²) in [5, 5.41) is 52.7. The number of rotatable bonds is 5. The van der Waals surface area contributed by atoms with Crippen LogP contribution in [0.3, 0.4) is 0 Å². The normalized spacial score (nSPS) is 28.9. The maximum absolute atomic E-state index is 13.8. The fourth-order valence-electron chi connectivity index (χ4n) is 5.89. The van der Waals surface area contributed by atoms with Gasteiger partial charge in [-0.05, 0) is 19.9 Å². The van der Waals surface area contributed by atoms with Gasteiger partial charge in [0.1, 0.15) is 22.8 Å². The van der Waals surface area contributed by atoms with Crippen LogP contribution < -0.4 is 21.9 Å². The minimum atomic E-state index is -1.83. The second-order valence-electron chi connectivity index (χ2n) is 10.8. The fourth-order valence-corrected chi connectivity index (χ4v) is 5.89. The Balaban J connectivity index is 1.69. The van der Waals surface area contributed by atoms with Crippen LogP contribution in [-0.2, 0) is 15.9 Å². The van der Waals surface area contributed by atoms with Crippen molar-refractivity contribution in [1.82, 2.24) is 0 Å². The summed E-state index contributed by atoms with van der Waals surface area (Å²) in [6, 6.07) is 3.76. The van der Waals surface area contributed by atoms with Crippen molar-refractivity contribution in [2.45, 2.75) is 69.4 Å². The van der Waals surface area contributed by atoms with E-state index in [9.17, 15) is 30.0 Å². The van der Waals surface area contributed by atoms with E-state index in [1.165, 1.54) is 32.2 Å². The van der Waals surface area contributed by atoms with Crippen LogP contribution in [0.5, 0.6) is 17.2 Å². The number of hydrogen-bond acceptors (Lipinski definition) is 12. The molecule has 1 saturated heterocycles. The van der Waals surface area contributed by atoms with Crippen LogP contribution in [0.15, 0.2) is 28.4 Å². The van der Waals surface area contributed by atoms with Crippen molar-refractivity contribution in [2.75, 3.05) is 7.11 Å². The number of ketones is 2. The van der Waals surface area contributed by atoms with Gasteiger partial charge in [-0.25, -0.2) is 0 Å². The number of methoxy groups -OCH3 is 1. The van der Waals surface area contributed by atoms with Crippen molar-refractivity contribution in [2.24, 2.45) is 27.4 Å². The SMILES string of the molecule is COc1cccc2c1C(=O)c1c(O)c3c(c(O)c1C2=O)CC(O)(C(C)=NN=C(N)N)CC3OC1CC(N)C(O)C(C)O1. The first-order valence-electron chi connectivity index (χ1n) is 13.3. The third-order valence-corrected chi connectivity index (χ3v) is 8.13. The molecule has 0 bridgehead atoms. The topological polar surface area (TPSA) is 246 Å². The van der Waals surface area contributed by atoms with Gasteiger partial charge in [0.15, 0.2) is 12.1 Å². The number of carbonyl (C=O) groups excluding carboxylic acids is 2. The van der Waals surface area contributed by atoms with Crippen molar-refractivity contribution >= 4 is 23.2 Å². The molecule has 0 aromatic heterocycles. The molecule has 2 aromatic carbocycles. The van der Waals surface area contributed by atoms with E-state index in [1.54, 1.807) is 6.92 Å². The average molecular weight is 584 g/mol. The van der Waals surface area contributed by atoms with Crippen LogP contribution in [-0.4, -0.2) is 80.9 Å². The molecule has 1 aliphatic heterocycles. The van der Waals surface area contributed by atoms with Gasteiger partial charge in [0.25, 0.3) is 0 Å². The maximum Gasteiger partial charge on any atom is 0.211 e. The van der Waals surface area contributed by atoms with Gasteiger partial charge in [0, 0.05) is 42.0 Å². The lowest BCUT2D eigenvalue weighted by atomic mass is 9.72. The molecule has 1 fully saturated rings. The molecule has 10 N–H and O–H groups in total. The quantitative estimate of drug-likeness (QED) is 0.0914. The van der Waals surface area contributed by atoms with Crippen LogP contribution in [0.4, 0.5) is 0 Å². The molecule has 6 unspecified atom stereocenters. The minimum absolute atomic E-state index is 0.0111. The molecule has 0 radical (unpaired) electrons. The molecule has 0 saturated carbocycles. The molecule has 1 heterocycles. The van der Waals surface area contributed by atoms with E-state index in [0.29, 0.717) is 0 Å². The highest BCUT2D eigenvalue weighted by Gasteiger charge is 2.49. The third-order valence-electron chi connectivity index (χ3n) is 8.13. The van der Waals surface area contributed by atoms with Crippen LogP contribution in [0.2, 0.25) is 0 Å². The maximum atomic E-state index is 13.8. The summed E-state index contributed by atoms with van der Waals surface area (Å²) in [7, 11) is 1.34. The van der Waals surface area contributed by atoms with E-state index in [1.807, 2.05) is 0 Å². The molecule has 42 heavy (non-hydrogen) atoms. The first kappa shape index (κ1) is 29.4. The van der Waals surface area contributed by atoms with Crippen molar-refractivity contribution in [3.8, 4) is 17.2 Å². The average Bonchev–Trinajstić information content (AvgIpc) is 2.94. The summed E-state index contributed by atoms with van der Waals surface area (Å²) < 4.78 is 17.3. The van der Waals surface area contributed by atoms with Gasteiger partial charge < -0.3 is 51.8 Å². The predicted octanol–water partition coefficient (Wildman–Crippen LogP) is 0.0892. The molecule has 2 aromatic rings. The largest absolute Gasteiger partial charge is 0.507 e. The Morgan fingerprint density at radius 1 is 1.10 bits per heavy atom. The number of aliphatic hydroxyl groups excluding tert-OH is 1. The Hall–Kier alpha value is -4.08. The summed E-state index contributed by atoms with van der Waals surface area (Å²) in [6.45, 7) is 3.08. The monoisotopic (exact) mass is 583 g/mol. The molecular formula is C28H33N5O9. The van der Waals surface area contributed by atoms with Crippen LogP contribution in [0.1, 0.15) is 75.8 Å². The number of phenolic OH excluding ortho intramolecular Hbond substituents is 2. The summed E-state index contributed by atoms with van der Waals surface area (Å²) >= 11 is 0. The molecule has 3 aliphatic rings. The van der Waals surface area contributed by atoms with Gasteiger partial charge in [0.2, 0.25) is 11.7 Å². The summed E-state index contributed by atoms with van der Waals surface area (Å²) in [5.41, 5.74) is 14.2. The van der Waals surface area contributed by atoms with E-state index in [-0.39, 0.29) is 58.9 Å². The number of phenols is 2. The van der Waals surface area contributed by atoms with Gasteiger partial charge in [-0.15, -0.1) is 5.10 Å². The number of hydrogen-bond donors (Lipinski definition) is 7. The highest BCUT2D eigenvalue weighted by Crippen LogP contribution is 2.52. The lowest BCUT2D eigenvalue weighted by Crippen LogP contribution is -2.52. The molecule has 0 spiro atoms. The number of fused-ring (bicyclic) bond motifs is 3. The van der Waals surface area contributed by atoms with Crippen molar-refractivity contribution < 1.29 is 44.2 Å². The standard InChI is InChI=1S/C28H33N5O9/c1-10-22(34)14(29)7-17(41-10)42-16-9-28(39,11(2)32-33-27(30)31)8-13-19(16)26(38)21-20(24(13)36)23(35)12-5-4-6-15(40-3)18(12)25(21)37/h4-6,10,14,16-17,22,34,36,38-39H,7-9,29H2,1-3H3,(H4,30,31,33). The number of nitrogens with two attached hydrogens (primary N) is 3. The molecule has 224 valence electrons. The Bertz CT molecular complexity index is 1520. The number of guanidine groups is 1. The fraction of sp³-hybridized carbons (Fsp3) is 0.429. The second kappa shape index (κ2) is 10.6. The van der Waals surface area contributed by atoms with Crippen LogP contribution >= 0.6 is 0 Å². The third kappa shape index (κ3) is 4.66. The Labute approximate surface area is 240 Å². The van der Waals surface area contributed by atoms with Crippen molar-refractivity contribution in [1.29, 1.82) is 0 Å². The van der Waals surface area contributed by atoms with E-state index < -0.39 is 70.4 Å². The molecule has 0 amide bonds. The van der Waals surface area contributed by atoms with Gasteiger partial charge >= 0.3 is 0 Å². The summed E-state index contributed by atoms with van der Waals surface area (Å²) in [5.74, 6) is -2.87. The molecular weight excluding hydrogens is 550 g/mol. The molecule has 2 aliphatic carbocycles. The number of ether oxygens (including phenoxy) is 3. The number of nitrogens with zero attached hydrogens (tertiary/aromatic N) is 2. The zero-order valence-electron chi connectivity index (χ0n) is 23.2. The molecule has 6 atom stereocenters. The van der Waals surface area contributed by atoms with Crippen LogP contribution in [0, 0.1) is 0 Å². The van der Waals surface area contributed by atoms with Crippen molar-refractivity contribution in [3.63, 3.8) is 0 Å². The zero-order valence-corrected chi connectivity index (χ0v) is 23.2. The Morgan fingerprint density at radius 3 is 2.43 bits per heavy atom. The van der Waals surface area contributed by atoms with E-state index in [0.717, 1.165) is 0 Å². The number of aromatic hydroxyl groups is 2. The van der Waals surface area contributed by atoms with Crippen molar-refractivity contribution in [3.05, 3.63) is 51.6 Å². The van der Waals surface area contributed by atoms with E-state index in [2.05, 4.69) is 10.2 Å². The first-order chi connectivity index (χ1) is 19.8. The van der Waals surface area contributed by atoms with E-state index >= 15 is 0 Å². The number of carbonyl (C=O) groups is 2. The van der Waals surface area contributed by atoms with Crippen LogP contribution in [0.25, 0.3) is 0 Å². The Kier molecular flexibility index (Phi) is 7.45. The highest BCUT2D eigenvalue weighted by molar-refractivity contribution is 6.31. The minimum Gasteiger partial charge on any atom is -0.507 e. The zero-order chi connectivity index (χ0) is 30.7. The smallest absolute Gasteiger partial charge is 0.211 e. The van der Waals surface area contributed by atoms with Gasteiger partial charge in [0.05, 0.1) is 47.8 Å². The second-order valence-corrected chi connectivity index (χ2v) is 10.8. The van der Waals surface area contributed by atoms with Gasteiger partial charge in [-0.3, -0.25) is 9.59 Å². The number of benzene rings is 2. The predicted molar refractivity (Wildman–Crippen MR) is 149 cm³/mol. The summed E-state index contributed by atoms with van der Waals surface area (Å²) in [4.78, 5) is 27.4. The molecule has 14 nitrogen and oxygen atoms in total. The lowest BCUT2D eigenvalue weighted by Gasteiger charge is -2.42. The van der Waals surface area contributed by atoms with E-state index in [4.69, 9.17) is 31.4 Å². The van der Waals surface area contributed by atoms with Gasteiger partial charge in [-0.2, -0.15) is 5.10 Å². The summed E-state index contributed by atoms with van der Waals surface area (Å²) in [6.07, 6.45) is -4.36.